The van der Waals surface area contributed by atoms with E-state index in [2.05, 4.69) is 199 Å². The van der Waals surface area contributed by atoms with Crippen LogP contribution in [0.15, 0.2) is 235 Å². The summed E-state index contributed by atoms with van der Waals surface area (Å²) in [7, 11) is 0. The third kappa shape index (κ3) is 6.73. The molecule has 0 spiro atoms. The van der Waals surface area contributed by atoms with Gasteiger partial charge in [0.2, 0.25) is 0 Å². The van der Waals surface area contributed by atoms with Gasteiger partial charge in [0.1, 0.15) is 11.2 Å². The summed E-state index contributed by atoms with van der Waals surface area (Å²) in [4.78, 5) is 17.4. The second-order valence-corrected chi connectivity index (χ2v) is 16.0. The molecule has 0 aliphatic heterocycles. The van der Waals surface area contributed by atoms with Gasteiger partial charge in [0.25, 0.3) is 0 Å². The molecule has 0 saturated carbocycles. The molecule has 0 bridgehead atoms. The number of nitrogens with zero attached hydrogens (tertiary/aromatic N) is 4. The highest BCUT2D eigenvalue weighted by Crippen LogP contribution is 2.46. The molecular formula is C59H38N4O. The zero-order chi connectivity index (χ0) is 42.4. The van der Waals surface area contributed by atoms with Gasteiger partial charge >= 0.3 is 0 Å². The van der Waals surface area contributed by atoms with Gasteiger partial charge in [-0.3, -0.25) is 0 Å². The van der Waals surface area contributed by atoms with E-state index in [0.717, 1.165) is 83.0 Å². The van der Waals surface area contributed by atoms with E-state index in [1.165, 1.54) is 16.5 Å². The molecule has 0 saturated heterocycles. The van der Waals surface area contributed by atoms with Crippen LogP contribution in [0.4, 0.5) is 17.1 Å². The average molecular weight is 819 g/mol. The van der Waals surface area contributed by atoms with Crippen molar-refractivity contribution in [2.45, 2.75) is 0 Å². The van der Waals surface area contributed by atoms with Crippen molar-refractivity contribution in [1.29, 1.82) is 0 Å². The standard InChI is InChI=1S/C59H38N4O/c1-4-14-39(15-5-1)41-30-33-49(34-31-41)63(48-20-8-3-9-21-48)54-38-53-51-22-12-13-23-55(51)64-56(53)52-37-46(32-35-50(52)54)42-24-27-44(28-25-42)58-60-57(43-17-6-2-7-18-43)61-59(62-58)47-29-26-40-16-10-11-19-45(40)36-47/h1-38H. The van der Waals surface area contributed by atoms with E-state index < -0.39 is 0 Å². The molecule has 0 unspecified atom stereocenters. The molecule has 0 radical (unpaired) electrons. The number of anilines is 3. The van der Waals surface area contributed by atoms with Crippen molar-refractivity contribution in [1.82, 2.24) is 15.0 Å². The number of fused-ring (bicyclic) bond motifs is 6. The minimum atomic E-state index is 0.619. The number of hydrogen-bond donors (Lipinski definition) is 0. The predicted molar refractivity (Wildman–Crippen MR) is 264 cm³/mol. The highest BCUT2D eigenvalue weighted by molar-refractivity contribution is 6.20. The first kappa shape index (κ1) is 37.1. The monoisotopic (exact) mass is 818 g/mol. The Bertz CT molecular complexity index is 3640. The number of furan rings is 1. The summed E-state index contributed by atoms with van der Waals surface area (Å²) in [5.41, 5.74) is 12.2. The second-order valence-electron chi connectivity index (χ2n) is 16.0. The molecule has 0 aliphatic rings. The predicted octanol–water partition coefficient (Wildman–Crippen LogP) is 15.9. The molecule has 300 valence electrons. The summed E-state index contributed by atoms with van der Waals surface area (Å²) in [5.74, 6) is 1.89. The fourth-order valence-electron chi connectivity index (χ4n) is 8.87. The van der Waals surface area contributed by atoms with Crippen LogP contribution in [-0.2, 0) is 0 Å². The summed E-state index contributed by atoms with van der Waals surface area (Å²) in [6, 6.07) is 80.7. The zero-order valence-electron chi connectivity index (χ0n) is 34.6. The highest BCUT2D eigenvalue weighted by Gasteiger charge is 2.21. The lowest BCUT2D eigenvalue weighted by atomic mass is 9.96. The maximum absolute atomic E-state index is 6.72. The van der Waals surface area contributed by atoms with E-state index in [0.29, 0.717) is 17.5 Å². The SMILES string of the molecule is c1ccc(-c2ccc(N(c3ccccc3)c3cc4c5ccccc5oc4c4cc(-c5ccc(-c6nc(-c7ccccc7)nc(-c7ccc8ccccc8c7)n6)cc5)ccc34)cc2)cc1. The van der Waals surface area contributed by atoms with Gasteiger partial charge in [-0.2, -0.15) is 0 Å². The quantitative estimate of drug-likeness (QED) is 0.153. The molecule has 12 rings (SSSR count). The molecule has 5 heteroatoms. The van der Waals surface area contributed by atoms with E-state index in [1.54, 1.807) is 0 Å². The van der Waals surface area contributed by atoms with Crippen LogP contribution in [-0.4, -0.2) is 15.0 Å². The maximum Gasteiger partial charge on any atom is 0.164 e. The number of para-hydroxylation sites is 2. The van der Waals surface area contributed by atoms with Crippen molar-refractivity contribution in [3.05, 3.63) is 231 Å². The molecule has 2 aromatic heterocycles. The Hall–Kier alpha value is -8.67. The van der Waals surface area contributed by atoms with Crippen molar-refractivity contribution in [3.8, 4) is 56.4 Å². The van der Waals surface area contributed by atoms with Crippen molar-refractivity contribution in [3.63, 3.8) is 0 Å². The molecule has 10 aromatic carbocycles. The van der Waals surface area contributed by atoms with E-state index in [-0.39, 0.29) is 0 Å². The van der Waals surface area contributed by atoms with Gasteiger partial charge in [0.05, 0.1) is 5.69 Å². The summed E-state index contributed by atoms with van der Waals surface area (Å²) in [6.07, 6.45) is 0. The lowest BCUT2D eigenvalue weighted by molar-refractivity contribution is 0.672. The van der Waals surface area contributed by atoms with Crippen molar-refractivity contribution in [2.24, 2.45) is 0 Å². The molecular weight excluding hydrogens is 781 g/mol. The van der Waals surface area contributed by atoms with Gasteiger partial charge in [-0.05, 0) is 81.6 Å². The van der Waals surface area contributed by atoms with Crippen LogP contribution in [0, 0.1) is 0 Å². The van der Waals surface area contributed by atoms with Gasteiger partial charge in [0, 0.05) is 49.6 Å². The number of benzene rings is 10. The molecule has 0 atom stereocenters. The zero-order valence-corrected chi connectivity index (χ0v) is 34.6. The van der Waals surface area contributed by atoms with E-state index >= 15 is 0 Å². The van der Waals surface area contributed by atoms with Gasteiger partial charge in [-0.25, -0.2) is 15.0 Å². The number of aromatic nitrogens is 3. The minimum absolute atomic E-state index is 0.619. The molecule has 12 aromatic rings. The molecule has 0 fully saturated rings. The van der Waals surface area contributed by atoms with E-state index in [1.807, 2.05) is 36.4 Å². The Morgan fingerprint density at radius 3 is 1.52 bits per heavy atom. The second kappa shape index (κ2) is 15.7. The minimum Gasteiger partial charge on any atom is -0.455 e. The number of hydrogen-bond acceptors (Lipinski definition) is 5. The summed E-state index contributed by atoms with van der Waals surface area (Å²) >= 11 is 0. The topological polar surface area (TPSA) is 55.1 Å². The molecule has 0 N–H and O–H groups in total. The van der Waals surface area contributed by atoms with Crippen molar-refractivity contribution >= 4 is 60.5 Å². The maximum atomic E-state index is 6.72. The summed E-state index contributed by atoms with van der Waals surface area (Å²) in [6.45, 7) is 0. The van der Waals surface area contributed by atoms with Crippen LogP contribution >= 0.6 is 0 Å². The van der Waals surface area contributed by atoms with Crippen molar-refractivity contribution in [2.75, 3.05) is 4.90 Å². The van der Waals surface area contributed by atoms with Crippen LogP contribution in [0.5, 0.6) is 0 Å². The summed E-state index contributed by atoms with van der Waals surface area (Å²) in [5, 5.41) is 6.59. The average Bonchev–Trinajstić information content (AvgIpc) is 3.76. The summed E-state index contributed by atoms with van der Waals surface area (Å²) < 4.78 is 6.72. The third-order valence-electron chi connectivity index (χ3n) is 12.1. The molecule has 64 heavy (non-hydrogen) atoms. The Balaban J connectivity index is 0.979. The first-order chi connectivity index (χ1) is 31.7. The fraction of sp³-hybridized carbons (Fsp3) is 0. The first-order valence-electron chi connectivity index (χ1n) is 21.5. The molecule has 0 amide bonds. The van der Waals surface area contributed by atoms with Gasteiger partial charge in [0.15, 0.2) is 17.5 Å². The highest BCUT2D eigenvalue weighted by atomic mass is 16.3. The Morgan fingerprint density at radius 2 is 0.781 bits per heavy atom. The Kier molecular flexibility index (Phi) is 9.08. The van der Waals surface area contributed by atoms with Crippen LogP contribution in [0.1, 0.15) is 0 Å². The smallest absolute Gasteiger partial charge is 0.164 e. The Morgan fingerprint density at radius 1 is 0.297 bits per heavy atom. The normalized spacial score (nSPS) is 11.4. The van der Waals surface area contributed by atoms with Crippen LogP contribution < -0.4 is 4.90 Å². The first-order valence-corrected chi connectivity index (χ1v) is 21.5. The Labute approximate surface area is 370 Å². The fourth-order valence-corrected chi connectivity index (χ4v) is 8.87. The molecule has 2 heterocycles. The third-order valence-corrected chi connectivity index (χ3v) is 12.1. The molecule has 0 aliphatic carbocycles. The lowest BCUT2D eigenvalue weighted by Gasteiger charge is -2.27. The van der Waals surface area contributed by atoms with Gasteiger partial charge in [-0.1, -0.05) is 182 Å². The van der Waals surface area contributed by atoms with Crippen LogP contribution in [0.3, 0.4) is 0 Å². The lowest BCUT2D eigenvalue weighted by Crippen LogP contribution is -2.10. The largest absolute Gasteiger partial charge is 0.455 e. The van der Waals surface area contributed by atoms with Gasteiger partial charge < -0.3 is 9.32 Å². The number of rotatable bonds is 8. The van der Waals surface area contributed by atoms with E-state index in [4.69, 9.17) is 19.4 Å². The van der Waals surface area contributed by atoms with Crippen LogP contribution in [0.25, 0.3) is 99.9 Å². The molecule has 5 nitrogen and oxygen atoms in total. The van der Waals surface area contributed by atoms with E-state index in [9.17, 15) is 0 Å². The van der Waals surface area contributed by atoms with Gasteiger partial charge in [-0.15, -0.1) is 0 Å². The van der Waals surface area contributed by atoms with Crippen LogP contribution in [0.2, 0.25) is 0 Å². The van der Waals surface area contributed by atoms with Crippen molar-refractivity contribution < 1.29 is 4.42 Å².